The molecule has 0 unspecified atom stereocenters. The molecule has 21 heavy (non-hydrogen) atoms. The lowest BCUT2D eigenvalue weighted by molar-refractivity contribution is 0.751. The van der Waals surface area contributed by atoms with Crippen LogP contribution in [0, 0.1) is 0 Å². The van der Waals surface area contributed by atoms with Crippen LogP contribution in [0.1, 0.15) is 10.4 Å². The maximum atomic E-state index is 6.13. The van der Waals surface area contributed by atoms with Crippen molar-refractivity contribution < 1.29 is 0 Å². The zero-order valence-electron chi connectivity index (χ0n) is 11.5. The van der Waals surface area contributed by atoms with E-state index in [1.165, 1.54) is 27.0 Å². The highest BCUT2D eigenvalue weighted by atomic mass is 32.1. The number of anilines is 2. The van der Waals surface area contributed by atoms with Crippen LogP contribution in [0.25, 0.3) is 11.1 Å². The summed E-state index contributed by atoms with van der Waals surface area (Å²) in [5, 5.41) is 3.38. The number of aromatic nitrogens is 1. The largest absolute Gasteiger partial charge is 0.382 e. The van der Waals surface area contributed by atoms with Crippen molar-refractivity contribution in [1.82, 2.24) is 4.37 Å². The highest BCUT2D eigenvalue weighted by Gasteiger charge is 2.23. The molecule has 1 aliphatic heterocycles. The zero-order chi connectivity index (χ0) is 14.2. The number of hydrogen-bond acceptors (Lipinski definition) is 5. The maximum Gasteiger partial charge on any atom is 0.147 e. The SMILES string of the molecule is Nc1nsc(N2CCc3sccc3C2)c1-c1ccccc1. The van der Waals surface area contributed by atoms with Crippen molar-refractivity contribution in [2.75, 3.05) is 17.2 Å². The van der Waals surface area contributed by atoms with E-state index in [1.807, 2.05) is 29.5 Å². The van der Waals surface area contributed by atoms with Crippen LogP contribution >= 0.6 is 22.9 Å². The van der Waals surface area contributed by atoms with Gasteiger partial charge in [-0.3, -0.25) is 0 Å². The normalized spacial score (nSPS) is 14.2. The van der Waals surface area contributed by atoms with Crippen LogP contribution in [0.15, 0.2) is 41.8 Å². The predicted octanol–water partition coefficient (Wildman–Crippen LogP) is 4.02. The fraction of sp³-hybridized carbons (Fsp3) is 0.188. The first kappa shape index (κ1) is 12.9. The molecular formula is C16H15N3S2. The summed E-state index contributed by atoms with van der Waals surface area (Å²) in [5.74, 6) is 0.636. The molecule has 2 aromatic heterocycles. The van der Waals surface area contributed by atoms with Crippen LogP contribution in [-0.2, 0) is 13.0 Å². The molecule has 1 aliphatic rings. The van der Waals surface area contributed by atoms with E-state index in [1.54, 1.807) is 0 Å². The van der Waals surface area contributed by atoms with Gasteiger partial charge in [0.15, 0.2) is 0 Å². The summed E-state index contributed by atoms with van der Waals surface area (Å²) in [6, 6.07) is 12.6. The van der Waals surface area contributed by atoms with Crippen LogP contribution in [0.3, 0.4) is 0 Å². The number of nitrogens with two attached hydrogens (primary N) is 1. The molecular weight excluding hydrogens is 298 g/mol. The average Bonchev–Trinajstić information content (AvgIpc) is 3.13. The molecule has 4 rings (SSSR count). The molecule has 0 bridgehead atoms. The van der Waals surface area contributed by atoms with E-state index in [2.05, 4.69) is 32.9 Å². The third kappa shape index (κ3) is 2.22. The predicted molar refractivity (Wildman–Crippen MR) is 91.0 cm³/mol. The van der Waals surface area contributed by atoms with Crippen LogP contribution in [0.4, 0.5) is 10.8 Å². The Balaban J connectivity index is 1.74. The first-order chi connectivity index (χ1) is 10.3. The molecule has 0 saturated carbocycles. The molecule has 106 valence electrons. The summed E-state index contributed by atoms with van der Waals surface area (Å²) in [6.45, 7) is 2.00. The Labute approximate surface area is 131 Å². The Kier molecular flexibility index (Phi) is 3.16. The second-order valence-electron chi connectivity index (χ2n) is 5.15. The Morgan fingerprint density at radius 3 is 2.86 bits per heavy atom. The number of nitrogen functional groups attached to an aromatic ring is 1. The van der Waals surface area contributed by atoms with E-state index in [9.17, 15) is 0 Å². The molecule has 0 aliphatic carbocycles. The lowest BCUT2D eigenvalue weighted by Gasteiger charge is -2.28. The highest BCUT2D eigenvalue weighted by Crippen LogP contribution is 2.41. The third-order valence-corrected chi connectivity index (χ3v) is 5.80. The van der Waals surface area contributed by atoms with Crippen LogP contribution in [-0.4, -0.2) is 10.9 Å². The van der Waals surface area contributed by atoms with Crippen molar-refractivity contribution in [2.45, 2.75) is 13.0 Å². The standard InChI is InChI=1S/C16H15N3S2/c17-15-14(11-4-2-1-3-5-11)16(21-18-15)19-8-6-13-12(10-19)7-9-20-13/h1-5,7,9H,6,8,10H2,(H2,17,18). The van der Waals surface area contributed by atoms with E-state index in [0.29, 0.717) is 5.82 Å². The Hall–Kier alpha value is -1.85. The van der Waals surface area contributed by atoms with Gasteiger partial charge < -0.3 is 10.6 Å². The van der Waals surface area contributed by atoms with Gasteiger partial charge in [0.25, 0.3) is 0 Å². The topological polar surface area (TPSA) is 42.1 Å². The van der Waals surface area contributed by atoms with Crippen molar-refractivity contribution in [1.29, 1.82) is 0 Å². The van der Waals surface area contributed by atoms with Gasteiger partial charge in [0.1, 0.15) is 10.8 Å². The average molecular weight is 313 g/mol. The Morgan fingerprint density at radius 2 is 2.00 bits per heavy atom. The van der Waals surface area contributed by atoms with Crippen LogP contribution < -0.4 is 10.6 Å². The Morgan fingerprint density at radius 1 is 1.14 bits per heavy atom. The van der Waals surface area contributed by atoms with Crippen LogP contribution in [0.5, 0.6) is 0 Å². The minimum absolute atomic E-state index is 0.636. The monoisotopic (exact) mass is 313 g/mol. The molecule has 3 heterocycles. The fourth-order valence-corrected chi connectivity index (χ4v) is 4.56. The van der Waals surface area contributed by atoms with Crippen molar-refractivity contribution in [3.63, 3.8) is 0 Å². The molecule has 1 aromatic carbocycles. The first-order valence-electron chi connectivity index (χ1n) is 6.93. The van der Waals surface area contributed by atoms with Crippen LogP contribution in [0.2, 0.25) is 0 Å². The number of rotatable bonds is 2. The summed E-state index contributed by atoms with van der Waals surface area (Å²) in [4.78, 5) is 3.93. The molecule has 3 aromatic rings. The van der Waals surface area contributed by atoms with E-state index >= 15 is 0 Å². The van der Waals surface area contributed by atoms with Gasteiger partial charge in [-0.05, 0) is 40.5 Å². The van der Waals surface area contributed by atoms with E-state index in [-0.39, 0.29) is 0 Å². The van der Waals surface area contributed by atoms with Crippen molar-refractivity contribution in [3.8, 4) is 11.1 Å². The second-order valence-corrected chi connectivity index (χ2v) is 6.91. The summed E-state index contributed by atoms with van der Waals surface area (Å²) in [5.41, 5.74) is 9.80. The Bertz CT molecular complexity index is 761. The van der Waals surface area contributed by atoms with Gasteiger partial charge >= 0.3 is 0 Å². The lowest BCUT2D eigenvalue weighted by Crippen LogP contribution is -2.29. The van der Waals surface area contributed by atoms with Gasteiger partial charge in [-0.1, -0.05) is 30.3 Å². The van der Waals surface area contributed by atoms with Gasteiger partial charge in [0.05, 0.1) is 5.56 Å². The highest BCUT2D eigenvalue weighted by molar-refractivity contribution is 7.11. The quantitative estimate of drug-likeness (QED) is 0.777. The molecule has 0 radical (unpaired) electrons. The number of benzene rings is 1. The molecule has 5 heteroatoms. The lowest BCUT2D eigenvalue weighted by atomic mass is 10.1. The van der Waals surface area contributed by atoms with Crippen molar-refractivity contribution in [3.05, 3.63) is 52.2 Å². The molecule has 0 fully saturated rings. The smallest absolute Gasteiger partial charge is 0.147 e. The molecule has 3 nitrogen and oxygen atoms in total. The molecule has 0 saturated heterocycles. The summed E-state index contributed by atoms with van der Waals surface area (Å²) in [7, 11) is 0. The summed E-state index contributed by atoms with van der Waals surface area (Å²) >= 11 is 3.37. The van der Waals surface area contributed by atoms with Gasteiger partial charge in [-0.25, -0.2) is 0 Å². The van der Waals surface area contributed by atoms with Gasteiger partial charge in [-0.15, -0.1) is 11.3 Å². The fourth-order valence-electron chi connectivity index (χ4n) is 2.81. The molecule has 2 N–H and O–H groups in total. The molecule has 0 amide bonds. The van der Waals surface area contributed by atoms with Crippen molar-refractivity contribution >= 4 is 33.7 Å². The number of nitrogens with zero attached hydrogens (tertiary/aromatic N) is 2. The first-order valence-corrected chi connectivity index (χ1v) is 8.59. The second kappa shape index (κ2) is 5.16. The van der Waals surface area contributed by atoms with Gasteiger partial charge in [-0.2, -0.15) is 4.37 Å². The molecule has 0 atom stereocenters. The van der Waals surface area contributed by atoms with Gasteiger partial charge in [0.2, 0.25) is 0 Å². The number of hydrogen-bond donors (Lipinski definition) is 1. The molecule has 0 spiro atoms. The number of thiophene rings is 1. The minimum Gasteiger partial charge on any atom is -0.382 e. The third-order valence-electron chi connectivity index (χ3n) is 3.86. The zero-order valence-corrected chi connectivity index (χ0v) is 13.1. The minimum atomic E-state index is 0.636. The van der Waals surface area contributed by atoms with E-state index < -0.39 is 0 Å². The van der Waals surface area contributed by atoms with Crippen molar-refractivity contribution in [2.24, 2.45) is 0 Å². The summed E-state index contributed by atoms with van der Waals surface area (Å²) < 4.78 is 4.39. The van der Waals surface area contributed by atoms with Gasteiger partial charge in [0, 0.05) is 18.0 Å². The summed E-state index contributed by atoms with van der Waals surface area (Å²) in [6.07, 6.45) is 1.11. The number of fused-ring (bicyclic) bond motifs is 1. The van der Waals surface area contributed by atoms with E-state index in [0.717, 1.165) is 30.6 Å². The van der Waals surface area contributed by atoms with E-state index in [4.69, 9.17) is 5.73 Å². The maximum absolute atomic E-state index is 6.13.